The molecule has 5 heteroatoms. The molecule has 0 radical (unpaired) electrons. The molecule has 0 spiro atoms. The van der Waals surface area contributed by atoms with E-state index in [4.69, 9.17) is 0 Å². The molecule has 0 bridgehead atoms. The smallest absolute Gasteiger partial charge is 0.233 e. The lowest BCUT2D eigenvalue weighted by Crippen LogP contribution is -2.44. The zero-order chi connectivity index (χ0) is 14.3. The normalized spacial score (nSPS) is 37.9. The van der Waals surface area contributed by atoms with Crippen molar-refractivity contribution in [2.75, 3.05) is 0 Å². The minimum atomic E-state index is -1.00. The maximum Gasteiger partial charge on any atom is 0.233 e. The Morgan fingerprint density at radius 2 is 1.40 bits per heavy atom. The van der Waals surface area contributed by atoms with E-state index in [2.05, 4.69) is 0 Å². The van der Waals surface area contributed by atoms with Gasteiger partial charge in [-0.05, 0) is 44.4 Å². The van der Waals surface area contributed by atoms with Gasteiger partial charge in [0.25, 0.3) is 0 Å². The zero-order valence-electron chi connectivity index (χ0n) is 11.5. The van der Waals surface area contributed by atoms with Gasteiger partial charge in [-0.2, -0.15) is 0 Å². The fourth-order valence-electron chi connectivity index (χ4n) is 4.12. The molecule has 2 aliphatic carbocycles. The molecular weight excluding hydrogens is 258 g/mol. The van der Waals surface area contributed by atoms with Crippen LogP contribution >= 0.6 is 0 Å². The number of nitrogens with zero attached hydrogens (tertiary/aromatic N) is 1. The third kappa shape index (κ3) is 2.13. The Morgan fingerprint density at radius 3 is 1.85 bits per heavy atom. The van der Waals surface area contributed by atoms with Gasteiger partial charge in [-0.3, -0.25) is 14.5 Å². The van der Waals surface area contributed by atoms with Gasteiger partial charge in [-0.15, -0.1) is 0 Å². The van der Waals surface area contributed by atoms with Crippen LogP contribution in [0.2, 0.25) is 0 Å². The Hall–Kier alpha value is -1.39. The minimum absolute atomic E-state index is 0.00315. The first-order valence-electron chi connectivity index (χ1n) is 7.67. The molecule has 2 atom stereocenters. The quantitative estimate of drug-likeness (QED) is 0.688. The number of imide groups is 1. The molecule has 2 saturated carbocycles. The maximum absolute atomic E-state index is 12.4. The molecule has 0 aromatic carbocycles. The average molecular weight is 278 g/mol. The third-order valence-electron chi connectivity index (χ3n) is 5.27. The second kappa shape index (κ2) is 5.19. The summed E-state index contributed by atoms with van der Waals surface area (Å²) in [6.45, 7) is 0. The van der Waals surface area contributed by atoms with Gasteiger partial charge in [0.2, 0.25) is 11.8 Å². The summed E-state index contributed by atoms with van der Waals surface area (Å²) in [4.78, 5) is 37.2. The maximum atomic E-state index is 12.4. The lowest BCUT2D eigenvalue weighted by molar-refractivity contribution is -0.312. The van der Waals surface area contributed by atoms with Crippen LogP contribution in [0.25, 0.3) is 0 Å². The Bertz CT molecular complexity index is 415. The zero-order valence-corrected chi connectivity index (χ0v) is 11.5. The second-order valence-electron chi connectivity index (χ2n) is 6.37. The molecule has 1 heterocycles. The molecule has 3 aliphatic rings. The van der Waals surface area contributed by atoms with Crippen LogP contribution in [0.5, 0.6) is 0 Å². The van der Waals surface area contributed by atoms with E-state index in [0.29, 0.717) is 25.7 Å². The van der Waals surface area contributed by atoms with E-state index in [1.807, 2.05) is 0 Å². The standard InChI is InChI=1S/C15H21NO4/c17-13-11-3-1-2-4-12(11)14(18)16(13)10-7-5-9(6-8-10)15(19)20/h9-12H,1-8H2,(H,19,20)/p-1/t9?,10?,11-,12-/m1/s1. The summed E-state index contributed by atoms with van der Waals surface area (Å²) < 4.78 is 0. The largest absolute Gasteiger partial charge is 0.550 e. The molecule has 110 valence electrons. The summed E-state index contributed by atoms with van der Waals surface area (Å²) in [5.41, 5.74) is 0. The fourth-order valence-corrected chi connectivity index (χ4v) is 4.12. The monoisotopic (exact) mass is 278 g/mol. The van der Waals surface area contributed by atoms with Gasteiger partial charge in [-0.25, -0.2) is 0 Å². The van der Waals surface area contributed by atoms with Gasteiger partial charge in [0, 0.05) is 12.0 Å². The Labute approximate surface area is 118 Å². The molecule has 5 nitrogen and oxygen atoms in total. The lowest BCUT2D eigenvalue weighted by atomic mass is 9.81. The van der Waals surface area contributed by atoms with Crippen LogP contribution in [-0.2, 0) is 14.4 Å². The van der Waals surface area contributed by atoms with Gasteiger partial charge >= 0.3 is 0 Å². The van der Waals surface area contributed by atoms with Crippen molar-refractivity contribution in [2.45, 2.75) is 57.4 Å². The highest BCUT2D eigenvalue weighted by Gasteiger charge is 2.50. The van der Waals surface area contributed by atoms with Crippen LogP contribution in [0.4, 0.5) is 0 Å². The van der Waals surface area contributed by atoms with Crippen LogP contribution in [0.15, 0.2) is 0 Å². The van der Waals surface area contributed by atoms with Crippen LogP contribution in [0, 0.1) is 17.8 Å². The Balaban J connectivity index is 1.70. The van der Waals surface area contributed by atoms with Crippen molar-refractivity contribution in [1.29, 1.82) is 0 Å². The van der Waals surface area contributed by atoms with Crippen molar-refractivity contribution >= 4 is 17.8 Å². The second-order valence-corrected chi connectivity index (χ2v) is 6.37. The Morgan fingerprint density at radius 1 is 0.900 bits per heavy atom. The molecule has 1 aliphatic heterocycles. The van der Waals surface area contributed by atoms with Crippen LogP contribution in [0.1, 0.15) is 51.4 Å². The summed E-state index contributed by atoms with van der Waals surface area (Å²) in [5, 5.41) is 10.9. The first-order valence-corrected chi connectivity index (χ1v) is 7.67. The number of likely N-dealkylation sites (tertiary alicyclic amines) is 1. The number of amides is 2. The van der Waals surface area contributed by atoms with E-state index >= 15 is 0 Å². The molecule has 20 heavy (non-hydrogen) atoms. The number of aliphatic carboxylic acids is 1. The number of carbonyl (C=O) groups is 3. The van der Waals surface area contributed by atoms with E-state index in [0.717, 1.165) is 25.7 Å². The van der Waals surface area contributed by atoms with E-state index in [9.17, 15) is 19.5 Å². The number of hydrogen-bond acceptors (Lipinski definition) is 4. The SMILES string of the molecule is O=C([O-])C1CCC(N2C(=O)[C@@H]3CCCC[C@H]3C2=O)CC1. The van der Waals surface area contributed by atoms with E-state index in [1.165, 1.54) is 4.90 Å². The molecule has 0 aromatic rings. The molecule has 2 amide bonds. The van der Waals surface area contributed by atoms with Crippen molar-refractivity contribution in [3.63, 3.8) is 0 Å². The number of carboxylic acids is 1. The van der Waals surface area contributed by atoms with Crippen LogP contribution in [-0.4, -0.2) is 28.7 Å². The molecule has 3 fully saturated rings. The van der Waals surface area contributed by atoms with E-state index in [-0.39, 0.29) is 29.7 Å². The Kier molecular flexibility index (Phi) is 3.52. The topological polar surface area (TPSA) is 77.5 Å². The van der Waals surface area contributed by atoms with Gasteiger partial charge < -0.3 is 9.90 Å². The molecule has 3 rings (SSSR count). The lowest BCUT2D eigenvalue weighted by Gasteiger charge is -2.34. The van der Waals surface area contributed by atoms with Gasteiger partial charge in [0.05, 0.1) is 11.8 Å². The van der Waals surface area contributed by atoms with E-state index in [1.54, 1.807) is 0 Å². The minimum Gasteiger partial charge on any atom is -0.550 e. The van der Waals surface area contributed by atoms with E-state index < -0.39 is 11.9 Å². The fraction of sp³-hybridized carbons (Fsp3) is 0.800. The number of fused-ring (bicyclic) bond motifs is 1. The summed E-state index contributed by atoms with van der Waals surface area (Å²) >= 11 is 0. The average Bonchev–Trinajstić information content (AvgIpc) is 2.72. The molecular formula is C15H20NO4-. The predicted octanol–water partition coefficient (Wildman–Crippen LogP) is 0.470. The molecule has 0 N–H and O–H groups in total. The van der Waals surface area contributed by atoms with Crippen molar-refractivity contribution in [3.05, 3.63) is 0 Å². The number of hydrogen-bond donors (Lipinski definition) is 0. The van der Waals surface area contributed by atoms with Crippen LogP contribution in [0.3, 0.4) is 0 Å². The molecule has 0 aromatic heterocycles. The summed E-state index contributed by atoms with van der Waals surface area (Å²) in [6.07, 6.45) is 5.97. The first kappa shape index (κ1) is 13.6. The first-order chi connectivity index (χ1) is 9.59. The number of carboxylic acid groups (broad SMARTS) is 1. The number of carbonyl (C=O) groups excluding carboxylic acids is 3. The van der Waals surface area contributed by atoms with Crippen molar-refractivity contribution in [1.82, 2.24) is 4.90 Å². The van der Waals surface area contributed by atoms with Crippen molar-refractivity contribution in [3.8, 4) is 0 Å². The highest BCUT2D eigenvalue weighted by atomic mass is 16.4. The summed E-state index contributed by atoms with van der Waals surface area (Å²) in [5.74, 6) is -1.63. The molecule has 0 unspecified atom stereocenters. The third-order valence-corrected chi connectivity index (χ3v) is 5.27. The summed E-state index contributed by atoms with van der Waals surface area (Å²) in [6, 6.07) is -0.0869. The van der Waals surface area contributed by atoms with Gasteiger partial charge in [0.1, 0.15) is 0 Å². The van der Waals surface area contributed by atoms with Crippen molar-refractivity contribution < 1.29 is 19.5 Å². The van der Waals surface area contributed by atoms with Crippen LogP contribution < -0.4 is 5.11 Å². The van der Waals surface area contributed by atoms with Gasteiger partial charge in [-0.1, -0.05) is 12.8 Å². The predicted molar refractivity (Wildman–Crippen MR) is 68.1 cm³/mol. The number of rotatable bonds is 2. The van der Waals surface area contributed by atoms with Gasteiger partial charge in [0.15, 0.2) is 0 Å². The highest BCUT2D eigenvalue weighted by molar-refractivity contribution is 6.05. The van der Waals surface area contributed by atoms with Crippen molar-refractivity contribution in [2.24, 2.45) is 17.8 Å². The highest BCUT2D eigenvalue weighted by Crippen LogP contribution is 2.41. The summed E-state index contributed by atoms with van der Waals surface area (Å²) in [7, 11) is 0. The molecule has 1 saturated heterocycles.